The molecule has 0 amide bonds. The molecule has 0 saturated carbocycles. The van der Waals surface area contributed by atoms with Crippen LogP contribution in [0.2, 0.25) is 0 Å². The summed E-state index contributed by atoms with van der Waals surface area (Å²) >= 11 is 0. The molecule has 2 unspecified atom stereocenters. The number of ether oxygens (including phenoxy) is 4. The highest BCUT2D eigenvalue weighted by Gasteiger charge is 2.56. The fraction of sp³-hybridized carbons (Fsp3) is 0.536. The Kier molecular flexibility index (Phi) is 10.4. The van der Waals surface area contributed by atoms with Gasteiger partial charge >= 0.3 is 5.97 Å². The van der Waals surface area contributed by atoms with Gasteiger partial charge in [-0.3, -0.25) is 9.69 Å². The minimum atomic E-state index is -4.13. The minimum absolute atomic E-state index is 0.0107. The van der Waals surface area contributed by atoms with Crippen molar-refractivity contribution in [3.8, 4) is 11.5 Å². The lowest BCUT2D eigenvalue weighted by Gasteiger charge is -2.36. The van der Waals surface area contributed by atoms with Gasteiger partial charge in [-0.2, -0.15) is 0 Å². The average molecular weight is 534 g/mol. The normalized spacial score (nSPS) is 17.0. The molecule has 37 heavy (non-hydrogen) atoms. The Morgan fingerprint density at radius 2 is 1.65 bits per heavy atom. The highest BCUT2D eigenvalue weighted by molar-refractivity contribution is 7.93. The standard InChI is InChI=1S/C28H39NO7S/c1-5-22(3)28(27(30)35-6-2,37(31,32)26-13-11-24(33-4)12-14-26)21-23-7-9-25(10-8-23)36-20-17-29-15-18-34-19-16-29/h7-14,22H,5-6,15-21H2,1-4H3. The summed E-state index contributed by atoms with van der Waals surface area (Å²) in [5.41, 5.74) is 0.714. The first kappa shape index (κ1) is 28.9. The molecule has 1 heterocycles. The first-order valence-electron chi connectivity index (χ1n) is 12.9. The molecule has 0 aliphatic carbocycles. The van der Waals surface area contributed by atoms with Gasteiger partial charge in [0.15, 0.2) is 14.6 Å². The number of morpholine rings is 1. The molecule has 1 saturated heterocycles. The number of benzene rings is 2. The monoisotopic (exact) mass is 533 g/mol. The molecule has 8 nitrogen and oxygen atoms in total. The van der Waals surface area contributed by atoms with Crippen LogP contribution in [0.3, 0.4) is 0 Å². The van der Waals surface area contributed by atoms with E-state index in [0.717, 1.165) is 32.8 Å². The summed E-state index contributed by atoms with van der Waals surface area (Å²) in [5.74, 6) is 0.00263. The predicted octanol–water partition coefficient (Wildman–Crippen LogP) is 3.77. The van der Waals surface area contributed by atoms with Crippen LogP contribution in [0.4, 0.5) is 0 Å². The molecule has 2 aromatic rings. The van der Waals surface area contributed by atoms with E-state index in [1.54, 1.807) is 26.0 Å². The molecule has 204 valence electrons. The summed E-state index contributed by atoms with van der Waals surface area (Å²) in [6.07, 6.45) is 0.472. The summed E-state index contributed by atoms with van der Waals surface area (Å²) in [4.78, 5) is 15.9. The maximum Gasteiger partial charge on any atom is 0.328 e. The Morgan fingerprint density at radius 1 is 1.03 bits per heavy atom. The predicted molar refractivity (Wildman–Crippen MR) is 142 cm³/mol. The molecule has 9 heteroatoms. The van der Waals surface area contributed by atoms with Gasteiger partial charge in [0.2, 0.25) is 0 Å². The Hall–Kier alpha value is -2.62. The van der Waals surface area contributed by atoms with Gasteiger partial charge in [-0.15, -0.1) is 0 Å². The number of nitrogens with zero attached hydrogens (tertiary/aromatic N) is 1. The van der Waals surface area contributed by atoms with Crippen molar-refractivity contribution in [2.45, 2.75) is 43.3 Å². The van der Waals surface area contributed by atoms with Crippen molar-refractivity contribution in [2.24, 2.45) is 5.92 Å². The van der Waals surface area contributed by atoms with Crippen molar-refractivity contribution in [1.29, 1.82) is 0 Å². The third-order valence-corrected chi connectivity index (χ3v) is 9.61. The Morgan fingerprint density at radius 3 is 2.22 bits per heavy atom. The lowest BCUT2D eigenvalue weighted by Crippen LogP contribution is -2.54. The quantitative estimate of drug-likeness (QED) is 0.360. The van der Waals surface area contributed by atoms with Gasteiger partial charge in [-0.05, 0) is 54.8 Å². The fourth-order valence-electron chi connectivity index (χ4n) is 4.59. The molecule has 0 bridgehead atoms. The van der Waals surface area contributed by atoms with Gasteiger partial charge < -0.3 is 18.9 Å². The van der Waals surface area contributed by atoms with E-state index in [4.69, 9.17) is 18.9 Å². The maximum atomic E-state index is 14.2. The molecule has 0 radical (unpaired) electrons. The van der Waals surface area contributed by atoms with Gasteiger partial charge in [0.05, 0.1) is 31.8 Å². The van der Waals surface area contributed by atoms with Crippen molar-refractivity contribution in [1.82, 2.24) is 4.90 Å². The molecule has 1 fully saturated rings. The van der Waals surface area contributed by atoms with Crippen molar-refractivity contribution in [2.75, 3.05) is 53.2 Å². The lowest BCUT2D eigenvalue weighted by molar-refractivity contribution is -0.147. The van der Waals surface area contributed by atoms with E-state index in [1.807, 2.05) is 31.2 Å². The number of sulfone groups is 1. The van der Waals surface area contributed by atoms with Crippen LogP contribution in [-0.2, 0) is 30.5 Å². The number of hydrogen-bond donors (Lipinski definition) is 0. The molecule has 2 atom stereocenters. The van der Waals surface area contributed by atoms with E-state index >= 15 is 0 Å². The first-order chi connectivity index (χ1) is 17.8. The second-order valence-corrected chi connectivity index (χ2v) is 11.4. The number of hydrogen-bond acceptors (Lipinski definition) is 8. The van der Waals surface area contributed by atoms with Gasteiger partial charge in [0, 0.05) is 26.1 Å². The highest BCUT2D eigenvalue weighted by atomic mass is 32.2. The molecule has 1 aliphatic heterocycles. The zero-order chi connectivity index (χ0) is 26.9. The van der Waals surface area contributed by atoms with Crippen molar-refractivity contribution in [3.05, 3.63) is 54.1 Å². The lowest BCUT2D eigenvalue weighted by atomic mass is 9.85. The molecular formula is C28H39NO7S. The van der Waals surface area contributed by atoms with E-state index < -0.39 is 26.5 Å². The number of rotatable bonds is 13. The number of carbonyl (C=O) groups excluding carboxylic acids is 1. The summed E-state index contributed by atoms with van der Waals surface area (Å²) < 4.78 is 48.4. The van der Waals surface area contributed by atoms with Gasteiger partial charge in [0.25, 0.3) is 0 Å². The number of carbonyl (C=O) groups is 1. The van der Waals surface area contributed by atoms with Crippen LogP contribution in [-0.4, -0.2) is 77.2 Å². The molecular weight excluding hydrogens is 494 g/mol. The molecule has 0 spiro atoms. The highest BCUT2D eigenvalue weighted by Crippen LogP contribution is 2.39. The summed E-state index contributed by atoms with van der Waals surface area (Å²) in [6, 6.07) is 13.4. The van der Waals surface area contributed by atoms with E-state index in [1.165, 1.54) is 19.2 Å². The third kappa shape index (κ3) is 6.64. The van der Waals surface area contributed by atoms with Crippen molar-refractivity contribution >= 4 is 15.8 Å². The van der Waals surface area contributed by atoms with Crippen LogP contribution in [0.25, 0.3) is 0 Å². The fourth-order valence-corrected chi connectivity index (χ4v) is 6.84. The number of methoxy groups -OCH3 is 1. The smallest absolute Gasteiger partial charge is 0.328 e. The topological polar surface area (TPSA) is 91.4 Å². The molecule has 1 aliphatic rings. The van der Waals surface area contributed by atoms with E-state index in [2.05, 4.69) is 4.90 Å². The molecule has 0 aromatic heterocycles. The summed E-state index contributed by atoms with van der Waals surface area (Å²) in [5, 5.41) is 0. The largest absolute Gasteiger partial charge is 0.497 e. The second kappa shape index (κ2) is 13.3. The van der Waals surface area contributed by atoms with Crippen LogP contribution in [0.1, 0.15) is 32.8 Å². The molecule has 2 aromatic carbocycles. The Balaban J connectivity index is 1.87. The van der Waals surface area contributed by atoms with Crippen molar-refractivity contribution < 1.29 is 32.2 Å². The Bertz CT molecular complexity index is 1100. The molecule has 0 N–H and O–H groups in total. The first-order valence-corrected chi connectivity index (χ1v) is 14.3. The second-order valence-electron chi connectivity index (χ2n) is 9.22. The van der Waals surface area contributed by atoms with Crippen LogP contribution in [0.5, 0.6) is 11.5 Å². The summed E-state index contributed by atoms with van der Waals surface area (Å²) in [7, 11) is -2.62. The van der Waals surface area contributed by atoms with Gasteiger partial charge in [-0.1, -0.05) is 32.4 Å². The maximum absolute atomic E-state index is 14.2. The summed E-state index contributed by atoms with van der Waals surface area (Å²) in [6.45, 7) is 10.1. The van der Waals surface area contributed by atoms with Crippen LogP contribution in [0, 0.1) is 5.92 Å². The SMILES string of the molecule is CCOC(=O)C(Cc1ccc(OCCN2CCOCC2)cc1)(C(C)CC)S(=O)(=O)c1ccc(OC)cc1. The number of esters is 1. The van der Waals surface area contributed by atoms with Crippen LogP contribution in [0.15, 0.2) is 53.4 Å². The van der Waals surface area contributed by atoms with E-state index in [-0.39, 0.29) is 17.9 Å². The zero-order valence-electron chi connectivity index (χ0n) is 22.3. The van der Waals surface area contributed by atoms with Gasteiger partial charge in [0.1, 0.15) is 18.1 Å². The van der Waals surface area contributed by atoms with Gasteiger partial charge in [-0.25, -0.2) is 8.42 Å². The van der Waals surface area contributed by atoms with E-state index in [9.17, 15) is 13.2 Å². The van der Waals surface area contributed by atoms with Crippen LogP contribution < -0.4 is 9.47 Å². The van der Waals surface area contributed by atoms with Crippen molar-refractivity contribution in [3.63, 3.8) is 0 Å². The zero-order valence-corrected chi connectivity index (χ0v) is 23.1. The average Bonchev–Trinajstić information content (AvgIpc) is 2.92. The molecule has 3 rings (SSSR count). The van der Waals surface area contributed by atoms with Crippen LogP contribution >= 0.6 is 0 Å². The third-order valence-electron chi connectivity index (χ3n) is 7.05. The Labute approximate surface area is 220 Å². The van der Waals surface area contributed by atoms with E-state index in [0.29, 0.717) is 30.1 Å². The minimum Gasteiger partial charge on any atom is -0.497 e.